The predicted molar refractivity (Wildman–Crippen MR) is 55.4 cm³/mol. The molecular weight excluding hydrogens is 191 g/mol. The Kier molecular flexibility index (Phi) is 2.80. The van der Waals surface area contributed by atoms with Crippen molar-refractivity contribution < 1.29 is 0 Å². The molecule has 1 saturated carbocycles. The van der Waals surface area contributed by atoms with Crippen LogP contribution in [0.3, 0.4) is 0 Å². The van der Waals surface area contributed by atoms with Crippen molar-refractivity contribution >= 4 is 23.2 Å². The molecule has 0 radical (unpaired) electrons. The van der Waals surface area contributed by atoms with Gasteiger partial charge in [-0.25, -0.2) is 0 Å². The number of hydrogen-bond acceptors (Lipinski definition) is 0. The Morgan fingerprint density at radius 2 is 1.83 bits per heavy atom. The Morgan fingerprint density at radius 1 is 1.33 bits per heavy atom. The van der Waals surface area contributed by atoms with Gasteiger partial charge in [-0.3, -0.25) is 0 Å². The minimum atomic E-state index is 0.392. The quantitative estimate of drug-likeness (QED) is 0.635. The van der Waals surface area contributed by atoms with E-state index in [-0.39, 0.29) is 0 Å². The highest BCUT2D eigenvalue weighted by atomic mass is 35.5. The molecule has 2 heteroatoms. The molecule has 1 fully saturated rings. The largest absolute Gasteiger partial charge is 0.103 e. The predicted octanol–water partition coefficient (Wildman–Crippen LogP) is 4.23. The molecular formula is C10H16Cl2. The van der Waals surface area contributed by atoms with Crippen LogP contribution in [-0.4, -0.2) is 0 Å². The smallest absolute Gasteiger partial charge is 0.0712 e. The van der Waals surface area contributed by atoms with E-state index in [9.17, 15) is 0 Å². The maximum atomic E-state index is 5.64. The molecule has 0 spiro atoms. The van der Waals surface area contributed by atoms with Crippen LogP contribution in [0.25, 0.3) is 0 Å². The fourth-order valence-electron chi connectivity index (χ4n) is 2.45. The van der Waals surface area contributed by atoms with Crippen molar-refractivity contribution in [3.05, 3.63) is 10.6 Å². The lowest BCUT2D eigenvalue weighted by molar-refractivity contribution is 0.451. The molecule has 1 aliphatic rings. The van der Waals surface area contributed by atoms with Crippen molar-refractivity contribution in [3.63, 3.8) is 0 Å². The second-order valence-electron chi connectivity index (χ2n) is 4.57. The zero-order chi connectivity index (χ0) is 9.52. The molecule has 0 unspecified atom stereocenters. The number of allylic oxidation sites excluding steroid dienone is 1. The van der Waals surface area contributed by atoms with Crippen LogP contribution < -0.4 is 0 Å². The van der Waals surface area contributed by atoms with E-state index >= 15 is 0 Å². The topological polar surface area (TPSA) is 0 Å². The van der Waals surface area contributed by atoms with Gasteiger partial charge in [-0.15, -0.1) is 0 Å². The molecule has 0 bridgehead atoms. The van der Waals surface area contributed by atoms with E-state index < -0.39 is 0 Å². The molecule has 0 amide bonds. The average Bonchev–Trinajstić information content (AvgIpc) is 2.32. The third-order valence-electron chi connectivity index (χ3n) is 3.02. The van der Waals surface area contributed by atoms with Crippen molar-refractivity contribution in [2.24, 2.45) is 23.2 Å². The minimum Gasteiger partial charge on any atom is -0.0712 e. The second kappa shape index (κ2) is 3.23. The summed E-state index contributed by atoms with van der Waals surface area (Å²) in [7, 11) is 0. The van der Waals surface area contributed by atoms with Gasteiger partial charge in [-0.1, -0.05) is 57.0 Å². The second-order valence-corrected chi connectivity index (χ2v) is 5.58. The third kappa shape index (κ3) is 1.80. The fourth-order valence-corrected chi connectivity index (χ4v) is 2.72. The molecule has 12 heavy (non-hydrogen) atoms. The first kappa shape index (κ1) is 10.4. The summed E-state index contributed by atoms with van der Waals surface area (Å²) >= 11 is 11.3. The molecule has 1 rings (SSSR count). The first-order valence-corrected chi connectivity index (χ1v) is 5.15. The lowest BCUT2D eigenvalue weighted by Crippen LogP contribution is -1.96. The van der Waals surface area contributed by atoms with Crippen LogP contribution in [0.5, 0.6) is 0 Å². The van der Waals surface area contributed by atoms with E-state index in [0.717, 1.165) is 5.92 Å². The maximum absolute atomic E-state index is 5.64. The summed E-state index contributed by atoms with van der Waals surface area (Å²) in [6.07, 6.45) is 1.98. The van der Waals surface area contributed by atoms with E-state index in [1.54, 1.807) is 0 Å². The summed E-state index contributed by atoms with van der Waals surface area (Å²) in [6, 6.07) is 0. The Morgan fingerprint density at radius 3 is 2.08 bits per heavy atom. The van der Waals surface area contributed by atoms with Gasteiger partial charge in [0.2, 0.25) is 0 Å². The summed E-state index contributed by atoms with van der Waals surface area (Å²) in [5, 5.41) is 0. The zero-order valence-corrected chi connectivity index (χ0v) is 9.58. The molecule has 0 aromatic carbocycles. The van der Waals surface area contributed by atoms with Gasteiger partial charge in [-0.2, -0.15) is 0 Å². The van der Waals surface area contributed by atoms with Crippen LogP contribution in [0.15, 0.2) is 10.6 Å². The van der Waals surface area contributed by atoms with Crippen molar-refractivity contribution in [2.75, 3.05) is 0 Å². The van der Waals surface area contributed by atoms with Crippen molar-refractivity contribution in [1.82, 2.24) is 0 Å². The Hall–Kier alpha value is 0.320. The first-order chi connectivity index (χ1) is 5.37. The van der Waals surface area contributed by atoms with Gasteiger partial charge in [0.25, 0.3) is 0 Å². The zero-order valence-electron chi connectivity index (χ0n) is 8.07. The molecule has 2 atom stereocenters. The van der Waals surface area contributed by atoms with Crippen LogP contribution in [0, 0.1) is 23.2 Å². The lowest BCUT2D eigenvalue weighted by Gasteiger charge is -2.04. The monoisotopic (exact) mass is 206 g/mol. The minimum absolute atomic E-state index is 0.392. The molecule has 0 aliphatic heterocycles. The molecule has 0 aromatic rings. The van der Waals surface area contributed by atoms with E-state index in [1.807, 2.05) is 6.08 Å². The lowest BCUT2D eigenvalue weighted by atomic mass is 10.0. The first-order valence-electron chi connectivity index (χ1n) is 4.40. The van der Waals surface area contributed by atoms with Crippen LogP contribution in [0.1, 0.15) is 27.7 Å². The van der Waals surface area contributed by atoms with Gasteiger partial charge >= 0.3 is 0 Å². The van der Waals surface area contributed by atoms with Crippen molar-refractivity contribution in [2.45, 2.75) is 27.7 Å². The standard InChI is InChI=1S/C10H16Cl2/c1-6(2)9-7(5-8(11)12)10(9,3)4/h5-7,9H,1-4H3/t7-,9-/m1/s1. The van der Waals surface area contributed by atoms with Gasteiger partial charge in [0.1, 0.15) is 4.49 Å². The highest BCUT2D eigenvalue weighted by Gasteiger charge is 2.57. The fraction of sp³-hybridized carbons (Fsp3) is 0.800. The summed E-state index contributed by atoms with van der Waals surface area (Å²) < 4.78 is 0.413. The van der Waals surface area contributed by atoms with Gasteiger partial charge in [0.05, 0.1) is 0 Å². The van der Waals surface area contributed by atoms with E-state index in [2.05, 4.69) is 27.7 Å². The number of halogens is 2. The number of hydrogen-bond donors (Lipinski definition) is 0. The summed E-state index contributed by atoms with van der Waals surface area (Å²) in [5.74, 6) is 2.03. The molecule has 0 nitrogen and oxygen atoms in total. The van der Waals surface area contributed by atoms with E-state index in [0.29, 0.717) is 21.7 Å². The Balaban J connectivity index is 2.67. The summed E-state index contributed by atoms with van der Waals surface area (Å²) in [4.78, 5) is 0. The normalized spacial score (nSPS) is 31.9. The van der Waals surface area contributed by atoms with Crippen LogP contribution >= 0.6 is 23.2 Å². The van der Waals surface area contributed by atoms with Crippen LogP contribution in [-0.2, 0) is 0 Å². The summed E-state index contributed by atoms with van der Waals surface area (Å²) in [6.45, 7) is 9.05. The summed E-state index contributed by atoms with van der Waals surface area (Å²) in [5.41, 5.74) is 0.392. The molecule has 70 valence electrons. The molecule has 0 aromatic heterocycles. The number of rotatable bonds is 2. The highest BCUT2D eigenvalue weighted by Crippen LogP contribution is 2.62. The average molecular weight is 207 g/mol. The third-order valence-corrected chi connectivity index (χ3v) is 3.27. The molecule has 0 heterocycles. The molecule has 0 N–H and O–H groups in total. The SMILES string of the molecule is CC(C)[C@@H]1[C@@H](C=C(Cl)Cl)C1(C)C. The van der Waals surface area contributed by atoms with Gasteiger partial charge < -0.3 is 0 Å². The van der Waals surface area contributed by atoms with Gasteiger partial charge in [-0.05, 0) is 23.2 Å². The van der Waals surface area contributed by atoms with Gasteiger partial charge in [0.15, 0.2) is 0 Å². The van der Waals surface area contributed by atoms with Crippen molar-refractivity contribution in [1.29, 1.82) is 0 Å². The van der Waals surface area contributed by atoms with Gasteiger partial charge in [0, 0.05) is 0 Å². The highest BCUT2D eigenvalue weighted by molar-refractivity contribution is 6.55. The molecule has 1 aliphatic carbocycles. The Labute approximate surface area is 84.9 Å². The maximum Gasteiger partial charge on any atom is 0.103 e. The van der Waals surface area contributed by atoms with Crippen LogP contribution in [0.2, 0.25) is 0 Å². The molecule has 0 saturated heterocycles. The van der Waals surface area contributed by atoms with E-state index in [4.69, 9.17) is 23.2 Å². The van der Waals surface area contributed by atoms with E-state index in [1.165, 1.54) is 0 Å². The van der Waals surface area contributed by atoms with Crippen LogP contribution in [0.4, 0.5) is 0 Å². The van der Waals surface area contributed by atoms with Crippen molar-refractivity contribution in [3.8, 4) is 0 Å². The Bertz CT molecular complexity index is 200.